The van der Waals surface area contributed by atoms with Crippen LogP contribution in [-0.2, 0) is 0 Å². The number of benzene rings is 1. The van der Waals surface area contributed by atoms with Crippen molar-refractivity contribution in [3.63, 3.8) is 0 Å². The Kier molecular flexibility index (Phi) is 2.45. The number of nitrogens with one attached hydrogen (secondary N) is 2. The fraction of sp³-hybridized carbons (Fsp3) is 0.400. The summed E-state index contributed by atoms with van der Waals surface area (Å²) < 4.78 is 0. The number of hydrogen-bond acceptors (Lipinski definition) is 4. The molecule has 0 bridgehead atoms. The van der Waals surface area contributed by atoms with Gasteiger partial charge in [-0.3, -0.25) is 10.1 Å². The minimum atomic E-state index is -0.380. The minimum absolute atomic E-state index is 0.125. The highest BCUT2D eigenvalue weighted by molar-refractivity contribution is 5.76. The largest absolute Gasteiger partial charge is 0.364 e. The number of hydrogen-bond donors (Lipinski definition) is 2. The zero-order chi connectivity index (χ0) is 10.8. The lowest BCUT2D eigenvalue weighted by Gasteiger charge is -2.09. The van der Waals surface area contributed by atoms with E-state index in [-0.39, 0.29) is 16.8 Å². The molecule has 0 aliphatic carbocycles. The van der Waals surface area contributed by atoms with Crippen LogP contribution < -0.4 is 10.6 Å². The molecule has 0 saturated carbocycles. The van der Waals surface area contributed by atoms with E-state index in [2.05, 4.69) is 17.6 Å². The summed E-state index contributed by atoms with van der Waals surface area (Å²) in [7, 11) is 0. The molecular formula is C10H13N3O2. The molecule has 2 rings (SSSR count). The molecule has 80 valence electrons. The maximum absolute atomic E-state index is 10.6. The van der Waals surface area contributed by atoms with Crippen molar-refractivity contribution >= 4 is 17.1 Å². The van der Waals surface area contributed by atoms with Crippen molar-refractivity contribution in [2.24, 2.45) is 0 Å². The van der Waals surface area contributed by atoms with Gasteiger partial charge >= 0.3 is 0 Å². The Morgan fingerprint density at radius 2 is 2.13 bits per heavy atom. The van der Waals surface area contributed by atoms with Crippen molar-refractivity contribution < 1.29 is 4.92 Å². The molecule has 1 atom stereocenters. The Labute approximate surface area is 87.6 Å². The van der Waals surface area contributed by atoms with Crippen molar-refractivity contribution in [2.45, 2.75) is 25.9 Å². The van der Waals surface area contributed by atoms with Crippen molar-refractivity contribution in [3.8, 4) is 0 Å². The lowest BCUT2D eigenvalue weighted by molar-refractivity contribution is -0.384. The Morgan fingerprint density at radius 1 is 1.40 bits per heavy atom. The number of fused-ring (bicyclic) bond motifs is 1. The Morgan fingerprint density at radius 3 is 2.80 bits per heavy atom. The van der Waals surface area contributed by atoms with Gasteiger partial charge in [0.2, 0.25) is 0 Å². The second-order valence-electron chi connectivity index (χ2n) is 3.62. The molecule has 5 nitrogen and oxygen atoms in total. The van der Waals surface area contributed by atoms with E-state index in [0.717, 1.165) is 24.2 Å². The van der Waals surface area contributed by atoms with E-state index in [9.17, 15) is 10.1 Å². The fourth-order valence-corrected chi connectivity index (χ4v) is 1.74. The third-order valence-electron chi connectivity index (χ3n) is 2.45. The number of rotatable bonds is 3. The molecule has 0 radical (unpaired) electrons. The smallest absolute Gasteiger partial charge is 0.271 e. The van der Waals surface area contributed by atoms with Crippen LogP contribution in [-0.4, -0.2) is 11.1 Å². The van der Waals surface area contributed by atoms with Crippen LogP contribution in [0.15, 0.2) is 18.2 Å². The second kappa shape index (κ2) is 3.76. The lowest BCUT2D eigenvalue weighted by Crippen LogP contribution is -2.21. The van der Waals surface area contributed by atoms with E-state index < -0.39 is 0 Å². The predicted molar refractivity (Wildman–Crippen MR) is 59.0 cm³/mol. The number of nitro groups is 1. The molecule has 0 amide bonds. The second-order valence-corrected chi connectivity index (χ2v) is 3.62. The first-order chi connectivity index (χ1) is 7.20. The maximum Gasteiger partial charge on any atom is 0.271 e. The van der Waals surface area contributed by atoms with E-state index in [1.165, 1.54) is 6.07 Å². The molecule has 1 aliphatic rings. The Bertz CT molecular complexity index is 392. The summed E-state index contributed by atoms with van der Waals surface area (Å²) >= 11 is 0. The van der Waals surface area contributed by atoms with Gasteiger partial charge in [0.1, 0.15) is 0 Å². The van der Waals surface area contributed by atoms with Crippen LogP contribution in [0, 0.1) is 10.1 Å². The molecule has 1 aromatic rings. The molecule has 5 heteroatoms. The molecule has 0 spiro atoms. The van der Waals surface area contributed by atoms with Gasteiger partial charge in [0, 0.05) is 12.1 Å². The summed E-state index contributed by atoms with van der Waals surface area (Å²) in [6.45, 7) is 2.11. The molecule has 0 aromatic heterocycles. The molecule has 1 aromatic carbocycles. The number of nitrogens with zero attached hydrogens (tertiary/aromatic N) is 1. The monoisotopic (exact) mass is 207 g/mol. The third-order valence-corrected chi connectivity index (χ3v) is 2.45. The van der Waals surface area contributed by atoms with Crippen LogP contribution in [0.3, 0.4) is 0 Å². The molecule has 1 heterocycles. The maximum atomic E-state index is 10.6. The van der Waals surface area contributed by atoms with Crippen LogP contribution in [0.25, 0.3) is 0 Å². The van der Waals surface area contributed by atoms with E-state index in [1.807, 2.05) is 0 Å². The summed E-state index contributed by atoms with van der Waals surface area (Å²) in [6, 6.07) is 4.83. The highest BCUT2D eigenvalue weighted by atomic mass is 16.6. The van der Waals surface area contributed by atoms with E-state index in [4.69, 9.17) is 0 Å². The Balaban J connectivity index is 2.20. The average molecular weight is 207 g/mol. The van der Waals surface area contributed by atoms with Crippen molar-refractivity contribution in [3.05, 3.63) is 28.3 Å². The summed E-state index contributed by atoms with van der Waals surface area (Å²) in [5.74, 6) is 0. The number of nitro benzene ring substituents is 1. The first kappa shape index (κ1) is 9.76. The highest BCUT2D eigenvalue weighted by Crippen LogP contribution is 2.33. The van der Waals surface area contributed by atoms with Crippen LogP contribution in [0.5, 0.6) is 0 Å². The third kappa shape index (κ3) is 1.86. The average Bonchev–Trinajstić information content (AvgIpc) is 2.59. The van der Waals surface area contributed by atoms with Gasteiger partial charge < -0.3 is 10.6 Å². The first-order valence-corrected chi connectivity index (χ1v) is 5.02. The van der Waals surface area contributed by atoms with E-state index >= 15 is 0 Å². The quantitative estimate of drug-likeness (QED) is 0.590. The molecule has 1 unspecified atom stereocenters. The SMILES string of the molecule is CCCC1Nc2ccc([N+](=O)[O-])cc2N1. The van der Waals surface area contributed by atoms with Gasteiger partial charge in [0.25, 0.3) is 5.69 Å². The summed E-state index contributed by atoms with van der Waals surface area (Å²) in [4.78, 5) is 10.2. The van der Waals surface area contributed by atoms with E-state index in [1.54, 1.807) is 12.1 Å². The summed E-state index contributed by atoms with van der Waals surface area (Å²) in [6.07, 6.45) is 2.27. The molecule has 2 N–H and O–H groups in total. The highest BCUT2D eigenvalue weighted by Gasteiger charge is 2.20. The van der Waals surface area contributed by atoms with Gasteiger partial charge in [0.15, 0.2) is 0 Å². The number of anilines is 2. The summed E-state index contributed by atoms with van der Waals surface area (Å²) in [5.41, 5.74) is 1.89. The molecule has 0 fully saturated rings. The van der Waals surface area contributed by atoms with Crippen LogP contribution in [0.1, 0.15) is 19.8 Å². The van der Waals surface area contributed by atoms with Crippen LogP contribution in [0.4, 0.5) is 17.1 Å². The topological polar surface area (TPSA) is 67.2 Å². The van der Waals surface area contributed by atoms with Crippen LogP contribution >= 0.6 is 0 Å². The fourth-order valence-electron chi connectivity index (χ4n) is 1.74. The van der Waals surface area contributed by atoms with Crippen LogP contribution in [0.2, 0.25) is 0 Å². The van der Waals surface area contributed by atoms with Gasteiger partial charge in [-0.1, -0.05) is 13.3 Å². The van der Waals surface area contributed by atoms with Crippen molar-refractivity contribution in [1.82, 2.24) is 0 Å². The molecule has 0 saturated heterocycles. The normalized spacial score (nSPS) is 17.8. The van der Waals surface area contributed by atoms with Gasteiger partial charge in [-0.05, 0) is 12.5 Å². The van der Waals surface area contributed by atoms with Crippen molar-refractivity contribution in [2.75, 3.05) is 10.6 Å². The first-order valence-electron chi connectivity index (χ1n) is 5.02. The Hall–Kier alpha value is -1.78. The number of non-ortho nitro benzene ring substituents is 1. The van der Waals surface area contributed by atoms with E-state index in [0.29, 0.717) is 0 Å². The minimum Gasteiger partial charge on any atom is -0.364 e. The van der Waals surface area contributed by atoms with Crippen molar-refractivity contribution in [1.29, 1.82) is 0 Å². The van der Waals surface area contributed by atoms with Gasteiger partial charge in [0.05, 0.1) is 22.5 Å². The standard InChI is InChI=1S/C10H13N3O2/c1-2-3-10-11-8-5-4-7(13(14)15)6-9(8)12-10/h4-6,10-12H,2-3H2,1H3. The van der Waals surface area contributed by atoms with Gasteiger partial charge in [-0.2, -0.15) is 0 Å². The van der Waals surface area contributed by atoms with Gasteiger partial charge in [-0.25, -0.2) is 0 Å². The zero-order valence-electron chi connectivity index (χ0n) is 8.49. The van der Waals surface area contributed by atoms with Gasteiger partial charge in [-0.15, -0.1) is 0 Å². The molecule has 1 aliphatic heterocycles. The zero-order valence-corrected chi connectivity index (χ0v) is 8.49. The summed E-state index contributed by atoms with van der Waals surface area (Å²) in [5, 5.41) is 17.0. The molecule has 15 heavy (non-hydrogen) atoms. The predicted octanol–water partition coefficient (Wildman–Crippen LogP) is 2.56. The lowest BCUT2D eigenvalue weighted by atomic mass is 10.2. The molecular weight excluding hydrogens is 194 g/mol.